The highest BCUT2D eigenvalue weighted by Gasteiger charge is 2.21. The molecule has 0 amide bonds. The van der Waals surface area contributed by atoms with E-state index in [0.29, 0.717) is 48.2 Å². The maximum Gasteiger partial charge on any atom is 0.257 e. The molecule has 0 saturated heterocycles. The predicted molar refractivity (Wildman–Crippen MR) is 158 cm³/mol. The van der Waals surface area contributed by atoms with Crippen molar-refractivity contribution in [3.05, 3.63) is 92.6 Å². The number of ketones is 1. The molecule has 0 spiro atoms. The summed E-state index contributed by atoms with van der Waals surface area (Å²) in [5, 5.41) is 3.40. The van der Waals surface area contributed by atoms with Gasteiger partial charge in [-0.25, -0.2) is 8.78 Å². The Balaban J connectivity index is 1.55. The first-order valence-electron chi connectivity index (χ1n) is 12.9. The number of carbonyl (C=O) groups excluding carboxylic acids is 1. The van der Waals surface area contributed by atoms with Crippen LogP contribution in [-0.4, -0.2) is 60.4 Å². The van der Waals surface area contributed by atoms with Crippen molar-refractivity contribution in [3.8, 4) is 0 Å². The first-order valence-corrected chi connectivity index (χ1v) is 13.5. The van der Waals surface area contributed by atoms with E-state index in [1.807, 2.05) is 33.0 Å². The van der Waals surface area contributed by atoms with Crippen LogP contribution in [0.25, 0.3) is 11.3 Å². The zero-order chi connectivity index (χ0) is 28.4. The Kier molecular flexibility index (Phi) is 8.67. The third-order valence-corrected chi connectivity index (χ3v) is 7.79. The Morgan fingerprint density at radius 1 is 1.13 bits per heavy atom. The third kappa shape index (κ3) is 6.13. The summed E-state index contributed by atoms with van der Waals surface area (Å²) in [5.74, 6) is -1.03. The third-order valence-electron chi connectivity index (χ3n) is 7.34. The van der Waals surface area contributed by atoms with Crippen molar-refractivity contribution >= 4 is 37.3 Å². The average molecular weight is 553 g/mol. The monoisotopic (exact) mass is 552 g/mol. The highest BCUT2D eigenvalue weighted by atomic mass is 31.0. The zero-order valence-electron chi connectivity index (χ0n) is 23.1. The normalized spacial score (nSPS) is 16.8. The number of hydrogen-bond acceptors (Lipinski definition) is 5. The molecular weight excluding hydrogens is 517 g/mol. The van der Waals surface area contributed by atoms with Gasteiger partial charge in [0.1, 0.15) is 5.82 Å². The van der Waals surface area contributed by atoms with Gasteiger partial charge in [-0.05, 0) is 56.3 Å². The molecular formula is C30H35F2N4O2P. The highest BCUT2D eigenvalue weighted by Crippen LogP contribution is 2.29. The largest absolute Gasteiger partial charge is 0.386 e. The fourth-order valence-electron chi connectivity index (χ4n) is 5.05. The number of allylic oxidation sites excluding steroid dienone is 4. The van der Waals surface area contributed by atoms with E-state index >= 15 is 0 Å². The SMILES string of the molecule is CNc1cc(=O)n(C2=CCN(C)C(C)=C2/C=C(\C)CN2CC=C(c3c(F)cc(C(C)=O)cc3P)CC2)cc1F. The van der Waals surface area contributed by atoms with Crippen molar-refractivity contribution < 1.29 is 13.6 Å². The zero-order valence-corrected chi connectivity index (χ0v) is 24.2. The number of nitrogens with one attached hydrogen (secondary N) is 1. The van der Waals surface area contributed by atoms with Gasteiger partial charge in [0.25, 0.3) is 5.56 Å². The minimum atomic E-state index is -0.494. The minimum absolute atomic E-state index is 0.160. The number of halogens is 2. The average Bonchev–Trinajstić information content (AvgIpc) is 2.88. The van der Waals surface area contributed by atoms with Gasteiger partial charge in [0, 0.05) is 68.7 Å². The van der Waals surface area contributed by atoms with Crippen LogP contribution in [-0.2, 0) is 0 Å². The van der Waals surface area contributed by atoms with Gasteiger partial charge in [-0.3, -0.25) is 19.1 Å². The van der Waals surface area contributed by atoms with E-state index in [1.54, 1.807) is 13.1 Å². The molecule has 1 aromatic heterocycles. The van der Waals surface area contributed by atoms with Crippen LogP contribution in [0.5, 0.6) is 0 Å². The summed E-state index contributed by atoms with van der Waals surface area (Å²) in [6, 6.07) is 4.31. The molecule has 0 radical (unpaired) electrons. The molecule has 9 heteroatoms. The van der Waals surface area contributed by atoms with Gasteiger partial charge >= 0.3 is 0 Å². The molecule has 2 aliphatic rings. The summed E-state index contributed by atoms with van der Waals surface area (Å²) >= 11 is 0. The van der Waals surface area contributed by atoms with Gasteiger partial charge in [-0.2, -0.15) is 0 Å². The van der Waals surface area contributed by atoms with Crippen LogP contribution in [0.1, 0.15) is 43.1 Å². The number of pyridine rings is 1. The summed E-state index contributed by atoms with van der Waals surface area (Å²) in [4.78, 5) is 28.9. The van der Waals surface area contributed by atoms with E-state index in [1.165, 1.54) is 29.8 Å². The second kappa shape index (κ2) is 11.8. The summed E-state index contributed by atoms with van der Waals surface area (Å²) in [5.41, 5.74) is 5.34. The maximum absolute atomic E-state index is 14.9. The molecule has 1 N–H and O–H groups in total. The topological polar surface area (TPSA) is 57.6 Å². The van der Waals surface area contributed by atoms with E-state index in [2.05, 4.69) is 30.4 Å². The van der Waals surface area contributed by atoms with Crippen molar-refractivity contribution in [1.82, 2.24) is 14.4 Å². The Morgan fingerprint density at radius 2 is 1.87 bits per heavy atom. The minimum Gasteiger partial charge on any atom is -0.386 e. The quantitative estimate of drug-likeness (QED) is 0.400. The molecule has 0 fully saturated rings. The smallest absolute Gasteiger partial charge is 0.257 e. The number of Topliss-reactive ketones (excluding diaryl/α,β-unsaturated/α-hetero) is 1. The van der Waals surface area contributed by atoms with Crippen LogP contribution in [0.3, 0.4) is 0 Å². The molecule has 1 aromatic carbocycles. The molecule has 0 bridgehead atoms. The van der Waals surface area contributed by atoms with Crippen LogP contribution in [0.4, 0.5) is 14.5 Å². The Labute approximate surface area is 230 Å². The van der Waals surface area contributed by atoms with E-state index < -0.39 is 5.82 Å². The molecule has 1 unspecified atom stereocenters. The summed E-state index contributed by atoms with van der Waals surface area (Å²) in [7, 11) is 6.12. The van der Waals surface area contributed by atoms with Gasteiger partial charge in [0.05, 0.1) is 17.6 Å². The molecule has 0 saturated carbocycles. The van der Waals surface area contributed by atoms with Crippen LogP contribution >= 0.6 is 9.24 Å². The fourth-order valence-corrected chi connectivity index (χ4v) is 5.56. The van der Waals surface area contributed by atoms with Gasteiger partial charge < -0.3 is 10.2 Å². The van der Waals surface area contributed by atoms with Crippen molar-refractivity contribution in [3.63, 3.8) is 0 Å². The first-order chi connectivity index (χ1) is 18.5. The Bertz CT molecular complexity index is 1480. The highest BCUT2D eigenvalue weighted by molar-refractivity contribution is 7.27. The number of hydrogen-bond donors (Lipinski definition) is 1. The molecule has 39 heavy (non-hydrogen) atoms. The summed E-state index contributed by atoms with van der Waals surface area (Å²) in [6.07, 6.45) is 7.97. The molecule has 2 aliphatic heterocycles. The van der Waals surface area contributed by atoms with Crippen molar-refractivity contribution in [2.75, 3.05) is 45.6 Å². The lowest BCUT2D eigenvalue weighted by Crippen LogP contribution is -2.31. The first kappa shape index (κ1) is 28.7. The van der Waals surface area contributed by atoms with Crippen LogP contribution in [0, 0.1) is 11.6 Å². The number of anilines is 1. The fraction of sp³-hybridized carbons (Fsp3) is 0.333. The molecule has 2 aromatic rings. The molecule has 3 heterocycles. The number of rotatable bonds is 7. The van der Waals surface area contributed by atoms with Gasteiger partial charge in [-0.1, -0.05) is 17.7 Å². The predicted octanol–water partition coefficient (Wildman–Crippen LogP) is 4.67. The standard InChI is InChI=1S/C30H35F2N4O2P/c1-18(16-35-10-6-21(7-11-35)30-24(31)13-22(20(3)37)14-28(30)39)12-23-19(2)34(5)9-8-27(23)36-17-25(32)26(33-4)15-29(36)38/h6,8,12-15,17,33H,7,9-11,16,39H2,1-5H3/b18-12+. The van der Waals surface area contributed by atoms with Crippen molar-refractivity contribution in [1.29, 1.82) is 0 Å². The lowest BCUT2D eigenvalue weighted by molar-refractivity contribution is 0.101. The second-order valence-corrected chi connectivity index (χ2v) is 10.8. The molecule has 1 atom stereocenters. The van der Waals surface area contributed by atoms with Crippen LogP contribution < -0.4 is 16.2 Å². The number of aromatic nitrogens is 1. The number of likely N-dealkylation sites (N-methyl/N-ethyl adjacent to an activating group) is 1. The van der Waals surface area contributed by atoms with Crippen LogP contribution in [0.2, 0.25) is 0 Å². The summed E-state index contributed by atoms with van der Waals surface area (Å²) in [6.45, 7) is 8.20. The molecule has 206 valence electrons. The molecule has 4 rings (SSSR count). The van der Waals surface area contributed by atoms with E-state index in [4.69, 9.17) is 0 Å². The van der Waals surface area contributed by atoms with E-state index in [-0.39, 0.29) is 22.8 Å². The molecule has 0 aliphatic carbocycles. The van der Waals surface area contributed by atoms with Crippen LogP contribution in [0.15, 0.2) is 64.3 Å². The van der Waals surface area contributed by atoms with Gasteiger partial charge in [0.2, 0.25) is 0 Å². The Morgan fingerprint density at radius 3 is 2.49 bits per heavy atom. The van der Waals surface area contributed by atoms with Crippen molar-refractivity contribution in [2.45, 2.75) is 27.2 Å². The van der Waals surface area contributed by atoms with Gasteiger partial charge in [-0.15, -0.1) is 9.24 Å². The molecule has 6 nitrogen and oxygen atoms in total. The maximum atomic E-state index is 14.9. The summed E-state index contributed by atoms with van der Waals surface area (Å²) < 4.78 is 30.8. The van der Waals surface area contributed by atoms with E-state index in [9.17, 15) is 18.4 Å². The number of benzene rings is 1. The number of nitrogens with zero attached hydrogens (tertiary/aromatic N) is 3. The number of carbonyl (C=O) groups is 1. The lowest BCUT2D eigenvalue weighted by Gasteiger charge is -2.30. The van der Waals surface area contributed by atoms with E-state index in [0.717, 1.165) is 29.0 Å². The Hall–Kier alpha value is -3.35. The van der Waals surface area contributed by atoms with Gasteiger partial charge in [0.15, 0.2) is 11.6 Å². The van der Waals surface area contributed by atoms with Crippen molar-refractivity contribution in [2.24, 2.45) is 0 Å². The second-order valence-electron chi connectivity index (χ2n) is 10.1. The lowest BCUT2D eigenvalue weighted by atomic mass is 9.96.